The van der Waals surface area contributed by atoms with Crippen LogP contribution in [0.1, 0.15) is 22.9 Å². The number of likely N-dealkylation sites (N-methyl/N-ethyl adjacent to an activating group) is 1. The number of nitrogens with zero attached hydrogens (tertiary/aromatic N) is 1. The lowest BCUT2D eigenvalue weighted by Crippen LogP contribution is -2.20. The zero-order valence-electron chi connectivity index (χ0n) is 11.0. The third-order valence-corrected chi connectivity index (χ3v) is 3.10. The van der Waals surface area contributed by atoms with Crippen molar-refractivity contribution in [1.82, 2.24) is 10.3 Å². The molecule has 1 heterocycles. The first-order valence-corrected chi connectivity index (χ1v) is 6.25. The van der Waals surface area contributed by atoms with Crippen molar-refractivity contribution in [3.8, 4) is 0 Å². The molecule has 1 unspecified atom stereocenters. The number of nitrogens with one attached hydrogen (secondary N) is 1. The molecule has 1 N–H and O–H groups in total. The summed E-state index contributed by atoms with van der Waals surface area (Å²) in [6.07, 6.45) is -2.11. The van der Waals surface area contributed by atoms with Crippen molar-refractivity contribution >= 4 is 0 Å². The highest BCUT2D eigenvalue weighted by Gasteiger charge is 2.30. The van der Waals surface area contributed by atoms with Crippen LogP contribution in [-0.2, 0) is 12.6 Å². The van der Waals surface area contributed by atoms with Gasteiger partial charge in [-0.2, -0.15) is 13.2 Å². The highest BCUT2D eigenvalue weighted by atomic mass is 19.4. The normalized spacial score (nSPS) is 13.2. The summed E-state index contributed by atoms with van der Waals surface area (Å²) in [5.41, 5.74) is 0.813. The van der Waals surface area contributed by atoms with Crippen LogP contribution in [0.2, 0.25) is 0 Å². The number of aromatic nitrogens is 1. The Morgan fingerprint density at radius 2 is 1.95 bits per heavy atom. The fourth-order valence-electron chi connectivity index (χ4n) is 2.05. The van der Waals surface area contributed by atoms with E-state index in [1.807, 2.05) is 18.2 Å². The molecule has 2 aromatic rings. The molecule has 2 nitrogen and oxygen atoms in total. The van der Waals surface area contributed by atoms with Gasteiger partial charge in [0.2, 0.25) is 0 Å². The number of hydrogen-bond donors (Lipinski definition) is 1. The lowest BCUT2D eigenvalue weighted by atomic mass is 9.99. The number of pyridine rings is 1. The first-order chi connectivity index (χ1) is 9.50. The van der Waals surface area contributed by atoms with Gasteiger partial charge in [-0.15, -0.1) is 0 Å². The summed E-state index contributed by atoms with van der Waals surface area (Å²) in [5.74, 6) is 0. The zero-order valence-corrected chi connectivity index (χ0v) is 11.0. The van der Waals surface area contributed by atoms with Crippen LogP contribution >= 0.6 is 0 Å². The molecule has 0 aliphatic rings. The molecule has 0 aliphatic heterocycles. The van der Waals surface area contributed by atoms with Crippen LogP contribution in [0, 0.1) is 0 Å². The number of benzene rings is 1. The van der Waals surface area contributed by atoms with Crippen molar-refractivity contribution in [2.24, 2.45) is 0 Å². The van der Waals surface area contributed by atoms with Gasteiger partial charge in [0.1, 0.15) is 0 Å². The quantitative estimate of drug-likeness (QED) is 0.925. The van der Waals surface area contributed by atoms with Gasteiger partial charge in [0.05, 0.1) is 5.56 Å². The molecule has 0 spiro atoms. The van der Waals surface area contributed by atoms with Gasteiger partial charge in [-0.1, -0.05) is 18.2 Å². The average Bonchev–Trinajstić information content (AvgIpc) is 2.45. The third-order valence-electron chi connectivity index (χ3n) is 3.10. The molecule has 20 heavy (non-hydrogen) atoms. The van der Waals surface area contributed by atoms with E-state index in [0.29, 0.717) is 12.0 Å². The molecule has 1 aromatic carbocycles. The van der Waals surface area contributed by atoms with Crippen molar-refractivity contribution < 1.29 is 13.2 Å². The molecule has 0 bridgehead atoms. The lowest BCUT2D eigenvalue weighted by molar-refractivity contribution is -0.137. The van der Waals surface area contributed by atoms with Gasteiger partial charge < -0.3 is 5.32 Å². The topological polar surface area (TPSA) is 24.9 Å². The van der Waals surface area contributed by atoms with Gasteiger partial charge >= 0.3 is 6.18 Å². The first-order valence-electron chi connectivity index (χ1n) is 6.25. The Bertz CT molecular complexity index is 553. The van der Waals surface area contributed by atoms with E-state index in [1.54, 1.807) is 19.3 Å². The second-order valence-electron chi connectivity index (χ2n) is 4.49. The lowest BCUT2D eigenvalue weighted by Gasteiger charge is -2.18. The Morgan fingerprint density at radius 1 is 1.15 bits per heavy atom. The molecule has 0 saturated heterocycles. The van der Waals surface area contributed by atoms with Gasteiger partial charge in [-0.25, -0.2) is 0 Å². The minimum Gasteiger partial charge on any atom is -0.313 e. The molecule has 0 saturated carbocycles. The third kappa shape index (κ3) is 3.57. The van der Waals surface area contributed by atoms with Crippen molar-refractivity contribution in [2.75, 3.05) is 7.05 Å². The van der Waals surface area contributed by atoms with Crippen LogP contribution in [0.5, 0.6) is 0 Å². The predicted octanol–water partition coefficient (Wildman–Crippen LogP) is 3.60. The number of alkyl halides is 3. The van der Waals surface area contributed by atoms with Crippen molar-refractivity contribution in [2.45, 2.75) is 18.6 Å². The van der Waals surface area contributed by atoms with Crippen LogP contribution < -0.4 is 5.32 Å². The average molecular weight is 280 g/mol. The first kappa shape index (κ1) is 14.5. The van der Waals surface area contributed by atoms with Crippen molar-refractivity contribution in [1.29, 1.82) is 0 Å². The molecule has 1 atom stereocenters. The highest BCUT2D eigenvalue weighted by Crippen LogP contribution is 2.31. The van der Waals surface area contributed by atoms with Crippen LogP contribution in [0.15, 0.2) is 48.7 Å². The van der Waals surface area contributed by atoms with E-state index >= 15 is 0 Å². The van der Waals surface area contributed by atoms with E-state index in [-0.39, 0.29) is 6.04 Å². The Labute approximate surface area is 115 Å². The monoisotopic (exact) mass is 280 g/mol. The van der Waals surface area contributed by atoms with Crippen molar-refractivity contribution in [3.05, 3.63) is 65.5 Å². The number of rotatable bonds is 4. The van der Waals surface area contributed by atoms with E-state index in [9.17, 15) is 13.2 Å². The minimum absolute atomic E-state index is 0.202. The molecule has 0 amide bonds. The summed E-state index contributed by atoms with van der Waals surface area (Å²) in [6, 6.07) is 10.7. The van der Waals surface area contributed by atoms with Gasteiger partial charge in [0, 0.05) is 24.4 Å². The van der Waals surface area contributed by atoms with Gasteiger partial charge in [-0.3, -0.25) is 4.98 Å². The fourth-order valence-corrected chi connectivity index (χ4v) is 2.05. The summed E-state index contributed by atoms with van der Waals surface area (Å²) in [7, 11) is 1.73. The Hall–Kier alpha value is -1.88. The molecular weight excluding hydrogens is 265 g/mol. The molecule has 0 fully saturated rings. The van der Waals surface area contributed by atoms with Crippen LogP contribution in [0.4, 0.5) is 13.2 Å². The Kier molecular flexibility index (Phi) is 4.39. The fraction of sp³-hybridized carbons (Fsp3) is 0.267. The maximum Gasteiger partial charge on any atom is 0.416 e. The molecule has 0 radical (unpaired) electrons. The summed E-state index contributed by atoms with van der Waals surface area (Å²) < 4.78 is 38.2. The maximum atomic E-state index is 12.7. The number of hydrogen-bond acceptors (Lipinski definition) is 2. The molecule has 106 valence electrons. The molecule has 0 aliphatic carbocycles. The van der Waals surface area contributed by atoms with E-state index in [1.165, 1.54) is 12.1 Å². The smallest absolute Gasteiger partial charge is 0.313 e. The van der Waals surface area contributed by atoms with E-state index < -0.39 is 11.7 Å². The summed E-state index contributed by atoms with van der Waals surface area (Å²) >= 11 is 0. The maximum absolute atomic E-state index is 12.7. The van der Waals surface area contributed by atoms with Crippen LogP contribution in [0.3, 0.4) is 0 Å². The van der Waals surface area contributed by atoms with E-state index in [4.69, 9.17) is 0 Å². The van der Waals surface area contributed by atoms with Gasteiger partial charge in [0.15, 0.2) is 0 Å². The molecule has 2 rings (SSSR count). The van der Waals surface area contributed by atoms with Gasteiger partial charge in [-0.05, 0) is 36.9 Å². The second kappa shape index (κ2) is 6.05. The minimum atomic E-state index is -4.32. The molecule has 1 aromatic heterocycles. The highest BCUT2D eigenvalue weighted by molar-refractivity contribution is 5.29. The van der Waals surface area contributed by atoms with E-state index in [2.05, 4.69) is 10.3 Å². The summed E-state index contributed by atoms with van der Waals surface area (Å²) in [4.78, 5) is 4.20. The number of halogens is 3. The van der Waals surface area contributed by atoms with Gasteiger partial charge in [0.25, 0.3) is 0 Å². The zero-order chi connectivity index (χ0) is 14.6. The summed E-state index contributed by atoms with van der Waals surface area (Å²) in [5, 5.41) is 3.04. The largest absolute Gasteiger partial charge is 0.416 e. The SMILES string of the molecule is CNC(Cc1ccccn1)c1cccc(C(F)(F)F)c1. The Balaban J connectivity index is 2.24. The predicted molar refractivity (Wildman–Crippen MR) is 71.2 cm³/mol. The summed E-state index contributed by atoms with van der Waals surface area (Å²) in [6.45, 7) is 0. The molecular formula is C15H15F3N2. The molecule has 5 heteroatoms. The van der Waals surface area contributed by atoms with Crippen molar-refractivity contribution in [3.63, 3.8) is 0 Å². The van der Waals surface area contributed by atoms with Crippen LogP contribution in [-0.4, -0.2) is 12.0 Å². The Morgan fingerprint density at radius 3 is 2.55 bits per heavy atom. The second-order valence-corrected chi connectivity index (χ2v) is 4.49. The van der Waals surface area contributed by atoms with E-state index in [0.717, 1.165) is 11.8 Å². The van der Waals surface area contributed by atoms with Crippen LogP contribution in [0.25, 0.3) is 0 Å². The standard InChI is InChI=1S/C15H15F3N2/c1-19-14(10-13-7-2-3-8-20-13)11-5-4-6-12(9-11)15(16,17)18/h2-9,14,19H,10H2,1H3.